The number of methoxy groups -OCH3 is 1. The van der Waals surface area contributed by atoms with E-state index in [1.807, 2.05) is 32.0 Å². The quantitative estimate of drug-likeness (QED) is 0.373. The molecular formula is C25H25ClN4O4S. The van der Waals surface area contributed by atoms with Crippen LogP contribution in [0.3, 0.4) is 0 Å². The summed E-state index contributed by atoms with van der Waals surface area (Å²) >= 11 is 7.79. The number of amidine groups is 2. The summed E-state index contributed by atoms with van der Waals surface area (Å²) in [5, 5.41) is 15.7. The van der Waals surface area contributed by atoms with Gasteiger partial charge in [-0.15, -0.1) is 0 Å². The zero-order valence-electron chi connectivity index (χ0n) is 19.8. The van der Waals surface area contributed by atoms with E-state index >= 15 is 0 Å². The number of aryl methyl sites for hydroxylation is 2. The number of hydrogen-bond acceptors (Lipinski definition) is 7. The molecule has 35 heavy (non-hydrogen) atoms. The van der Waals surface area contributed by atoms with E-state index in [1.54, 1.807) is 18.2 Å². The van der Waals surface area contributed by atoms with Gasteiger partial charge in [0, 0.05) is 0 Å². The van der Waals surface area contributed by atoms with Crippen LogP contribution in [0.25, 0.3) is 6.08 Å². The van der Waals surface area contributed by atoms with Crippen LogP contribution < -0.4 is 14.2 Å². The summed E-state index contributed by atoms with van der Waals surface area (Å²) in [6.45, 7) is 6.63. The Morgan fingerprint density at radius 2 is 1.91 bits per heavy atom. The Kier molecular flexibility index (Phi) is 7.47. The van der Waals surface area contributed by atoms with Gasteiger partial charge >= 0.3 is 0 Å². The topological polar surface area (TPSA) is 96.6 Å². The lowest BCUT2D eigenvalue weighted by atomic mass is 10.1. The molecule has 0 aliphatic carbocycles. The number of carbonyl (C=O) groups is 1. The van der Waals surface area contributed by atoms with Gasteiger partial charge in [0.25, 0.3) is 5.91 Å². The number of nitrogens with zero attached hydrogens (tertiary/aromatic N) is 3. The molecule has 0 aromatic heterocycles. The van der Waals surface area contributed by atoms with E-state index in [1.165, 1.54) is 29.4 Å². The average Bonchev–Trinajstić information content (AvgIpc) is 3.25. The predicted molar refractivity (Wildman–Crippen MR) is 140 cm³/mol. The van der Waals surface area contributed by atoms with Crippen molar-refractivity contribution in [2.24, 2.45) is 10.1 Å². The number of hydrogen-bond donors (Lipinski definition) is 1. The molecule has 2 aromatic carbocycles. The van der Waals surface area contributed by atoms with Gasteiger partial charge in [0.1, 0.15) is 24.0 Å². The SMILES string of the molecule is CCC1=NN2C(=N)/C(=C\c3cc(Cl)c(OCCOc4ccc(C)c(C)c4)c(OC)c3)C(=O)N=C2S1. The molecule has 0 bridgehead atoms. The van der Waals surface area contributed by atoms with Crippen molar-refractivity contribution in [2.75, 3.05) is 20.3 Å². The highest BCUT2D eigenvalue weighted by Crippen LogP contribution is 2.37. The van der Waals surface area contributed by atoms with E-state index < -0.39 is 5.91 Å². The van der Waals surface area contributed by atoms with Crippen LogP contribution in [0.4, 0.5) is 0 Å². The summed E-state index contributed by atoms with van der Waals surface area (Å²) in [5.41, 5.74) is 3.05. The first-order chi connectivity index (χ1) is 16.8. The van der Waals surface area contributed by atoms with Gasteiger partial charge in [-0.25, -0.2) is 0 Å². The van der Waals surface area contributed by atoms with Crippen molar-refractivity contribution >= 4 is 51.4 Å². The summed E-state index contributed by atoms with van der Waals surface area (Å²) in [5.74, 6) is 1.01. The monoisotopic (exact) mass is 512 g/mol. The van der Waals surface area contributed by atoms with E-state index in [-0.39, 0.29) is 18.0 Å². The number of halogens is 1. The Morgan fingerprint density at radius 1 is 1.14 bits per heavy atom. The normalized spacial score (nSPS) is 16.3. The first-order valence-electron chi connectivity index (χ1n) is 11.0. The standard InChI is InChI=1S/C25H25ClN4O4S/c1-5-21-29-30-23(27)18(24(31)28-25(30)35-21)11-16-12-19(26)22(20(13-16)32-4)34-9-8-33-17-7-6-14(2)15(3)10-17/h6-7,10-13,27H,5,8-9H2,1-4H3/b18-11+,27-23?. The van der Waals surface area contributed by atoms with Gasteiger partial charge in [-0.2, -0.15) is 15.1 Å². The van der Waals surface area contributed by atoms with Crippen molar-refractivity contribution in [2.45, 2.75) is 27.2 Å². The minimum absolute atomic E-state index is 0.0325. The van der Waals surface area contributed by atoms with Crippen LogP contribution in [0.2, 0.25) is 5.02 Å². The number of benzene rings is 2. The fourth-order valence-corrected chi connectivity index (χ4v) is 4.51. The van der Waals surface area contributed by atoms with Crippen LogP contribution in [0.1, 0.15) is 30.0 Å². The van der Waals surface area contributed by atoms with E-state index in [9.17, 15) is 4.79 Å². The van der Waals surface area contributed by atoms with Crippen LogP contribution in [0.15, 0.2) is 46.0 Å². The van der Waals surface area contributed by atoms with E-state index in [0.717, 1.165) is 16.4 Å². The lowest BCUT2D eigenvalue weighted by Crippen LogP contribution is -2.35. The van der Waals surface area contributed by atoms with E-state index in [4.69, 9.17) is 31.2 Å². The zero-order chi connectivity index (χ0) is 25.1. The first kappa shape index (κ1) is 24.8. The van der Waals surface area contributed by atoms with Crippen molar-refractivity contribution in [3.05, 3.63) is 57.6 Å². The molecule has 8 nitrogen and oxygen atoms in total. The van der Waals surface area contributed by atoms with Crippen LogP contribution in [0, 0.1) is 19.3 Å². The van der Waals surface area contributed by atoms with Gasteiger partial charge in [-0.3, -0.25) is 10.2 Å². The molecule has 1 amide bonds. The second kappa shape index (κ2) is 10.5. The molecule has 2 aromatic rings. The van der Waals surface area contributed by atoms with Gasteiger partial charge in [0.05, 0.1) is 17.7 Å². The third-order valence-corrected chi connectivity index (χ3v) is 6.77. The van der Waals surface area contributed by atoms with Crippen LogP contribution in [-0.4, -0.2) is 47.3 Å². The number of amides is 1. The number of hydrazone groups is 1. The van der Waals surface area contributed by atoms with E-state index in [2.05, 4.69) is 17.0 Å². The Bertz CT molecular complexity index is 1290. The maximum atomic E-state index is 12.6. The summed E-state index contributed by atoms with van der Waals surface area (Å²) in [7, 11) is 1.51. The lowest BCUT2D eigenvalue weighted by molar-refractivity contribution is -0.114. The number of rotatable bonds is 8. The molecule has 4 rings (SSSR count). The van der Waals surface area contributed by atoms with Crippen molar-refractivity contribution in [1.82, 2.24) is 5.01 Å². The molecule has 182 valence electrons. The molecule has 0 spiro atoms. The van der Waals surface area contributed by atoms with Crippen molar-refractivity contribution in [3.8, 4) is 17.2 Å². The Morgan fingerprint density at radius 3 is 2.63 bits per heavy atom. The van der Waals surface area contributed by atoms with Gasteiger partial charge in [-0.1, -0.05) is 24.6 Å². The number of carbonyl (C=O) groups excluding carboxylic acids is 1. The molecule has 1 N–H and O–H groups in total. The number of aliphatic imine (C=N–C) groups is 1. The second-order valence-electron chi connectivity index (χ2n) is 7.84. The number of ether oxygens (including phenoxy) is 3. The molecule has 0 fully saturated rings. The average molecular weight is 513 g/mol. The highest BCUT2D eigenvalue weighted by Gasteiger charge is 2.35. The highest BCUT2D eigenvalue weighted by molar-refractivity contribution is 8.26. The number of nitrogens with one attached hydrogen (secondary N) is 1. The minimum Gasteiger partial charge on any atom is -0.493 e. The third-order valence-electron chi connectivity index (χ3n) is 5.44. The van der Waals surface area contributed by atoms with Crippen LogP contribution >= 0.6 is 23.4 Å². The first-order valence-corrected chi connectivity index (χ1v) is 12.2. The molecule has 2 aliphatic heterocycles. The maximum Gasteiger partial charge on any atom is 0.283 e. The largest absolute Gasteiger partial charge is 0.493 e. The van der Waals surface area contributed by atoms with Crippen LogP contribution in [-0.2, 0) is 4.79 Å². The smallest absolute Gasteiger partial charge is 0.283 e. The Labute approximate surface area is 213 Å². The molecule has 0 saturated heterocycles. The third kappa shape index (κ3) is 5.36. The van der Waals surface area contributed by atoms with Gasteiger partial charge in [0.15, 0.2) is 17.3 Å². The van der Waals surface area contributed by atoms with E-state index in [0.29, 0.717) is 40.3 Å². The van der Waals surface area contributed by atoms with Gasteiger partial charge in [0.2, 0.25) is 5.17 Å². The fourth-order valence-electron chi connectivity index (χ4n) is 3.41. The van der Waals surface area contributed by atoms with Gasteiger partial charge < -0.3 is 14.2 Å². The number of thioether (sulfide) groups is 1. The summed E-state index contributed by atoms with van der Waals surface area (Å²) in [6, 6.07) is 9.26. The maximum absolute atomic E-state index is 12.6. The Balaban J connectivity index is 1.48. The fraction of sp³-hybridized carbons (Fsp3) is 0.280. The van der Waals surface area contributed by atoms with Crippen LogP contribution in [0.5, 0.6) is 17.2 Å². The molecule has 0 saturated carbocycles. The molecule has 0 atom stereocenters. The molecule has 2 heterocycles. The number of fused-ring (bicyclic) bond motifs is 1. The highest BCUT2D eigenvalue weighted by atomic mass is 35.5. The molecule has 0 unspecified atom stereocenters. The molecule has 2 aliphatic rings. The molecule has 0 radical (unpaired) electrons. The zero-order valence-corrected chi connectivity index (χ0v) is 21.4. The summed E-state index contributed by atoms with van der Waals surface area (Å²) in [6.07, 6.45) is 2.25. The molecular weight excluding hydrogens is 488 g/mol. The molecule has 10 heteroatoms. The van der Waals surface area contributed by atoms with Crippen molar-refractivity contribution in [3.63, 3.8) is 0 Å². The van der Waals surface area contributed by atoms with Gasteiger partial charge in [-0.05, 0) is 79.1 Å². The van der Waals surface area contributed by atoms with Crippen molar-refractivity contribution in [1.29, 1.82) is 5.41 Å². The summed E-state index contributed by atoms with van der Waals surface area (Å²) in [4.78, 5) is 16.7. The minimum atomic E-state index is -0.500. The Hall–Kier alpha value is -3.30. The summed E-state index contributed by atoms with van der Waals surface area (Å²) < 4.78 is 17.1. The second-order valence-corrected chi connectivity index (χ2v) is 9.29. The predicted octanol–water partition coefficient (Wildman–Crippen LogP) is 5.45. The van der Waals surface area contributed by atoms with Crippen molar-refractivity contribution < 1.29 is 19.0 Å². The lowest BCUT2D eigenvalue weighted by Gasteiger charge is -2.20.